The van der Waals surface area contributed by atoms with Crippen LogP contribution < -0.4 is 5.32 Å². The van der Waals surface area contributed by atoms with E-state index in [1.807, 2.05) is 33.8 Å². The van der Waals surface area contributed by atoms with Gasteiger partial charge in [0, 0.05) is 16.7 Å². The molecule has 7 nitrogen and oxygen atoms in total. The molecule has 0 saturated carbocycles. The van der Waals surface area contributed by atoms with Crippen LogP contribution in [0.25, 0.3) is 22.6 Å². The number of carbonyl (C=O) groups is 2. The highest BCUT2D eigenvalue weighted by atomic mass is 16.5. The summed E-state index contributed by atoms with van der Waals surface area (Å²) in [5.74, 6) is -0.373. The van der Waals surface area contributed by atoms with Gasteiger partial charge in [0.2, 0.25) is 5.89 Å². The quantitative estimate of drug-likeness (QED) is 0.593. The first-order chi connectivity index (χ1) is 14.7. The van der Waals surface area contributed by atoms with Crippen LogP contribution in [0.2, 0.25) is 0 Å². The van der Waals surface area contributed by atoms with Gasteiger partial charge in [0.25, 0.3) is 5.91 Å². The van der Waals surface area contributed by atoms with Gasteiger partial charge in [-0.15, -0.1) is 0 Å². The second-order valence-corrected chi connectivity index (χ2v) is 7.99. The lowest BCUT2D eigenvalue weighted by Crippen LogP contribution is -2.45. The van der Waals surface area contributed by atoms with Crippen molar-refractivity contribution in [3.05, 3.63) is 53.1 Å². The topological polar surface area (TPSA) is 105 Å². The number of ether oxygens (including phenoxy) is 1. The van der Waals surface area contributed by atoms with E-state index in [-0.39, 0.29) is 17.7 Å². The number of oxazole rings is 1. The van der Waals surface area contributed by atoms with Gasteiger partial charge in [-0.3, -0.25) is 4.79 Å². The summed E-state index contributed by atoms with van der Waals surface area (Å²) in [6.45, 7) is 7.73. The fourth-order valence-electron chi connectivity index (χ4n) is 3.29. The summed E-state index contributed by atoms with van der Waals surface area (Å²) in [6.07, 6.45) is 0. The van der Waals surface area contributed by atoms with Crippen LogP contribution in [0.3, 0.4) is 0 Å². The van der Waals surface area contributed by atoms with Gasteiger partial charge in [0.1, 0.15) is 11.6 Å². The number of benzene rings is 2. The van der Waals surface area contributed by atoms with Crippen molar-refractivity contribution in [2.45, 2.75) is 39.7 Å². The van der Waals surface area contributed by atoms with E-state index in [4.69, 9.17) is 9.15 Å². The Hall–Kier alpha value is -3.66. The molecule has 0 aliphatic rings. The maximum atomic E-state index is 12.6. The van der Waals surface area contributed by atoms with Gasteiger partial charge in [-0.1, -0.05) is 27.7 Å². The normalized spacial score (nSPS) is 12.1. The van der Waals surface area contributed by atoms with E-state index in [9.17, 15) is 14.9 Å². The Bertz CT molecular complexity index is 1150. The van der Waals surface area contributed by atoms with Gasteiger partial charge in [-0.2, -0.15) is 5.26 Å². The molecular formula is C24H25N3O4. The number of hydrogen-bond donors (Lipinski definition) is 1. The van der Waals surface area contributed by atoms with Crippen LogP contribution in [0.15, 0.2) is 40.8 Å². The van der Waals surface area contributed by atoms with Crippen LogP contribution in [0.5, 0.6) is 0 Å². The summed E-state index contributed by atoms with van der Waals surface area (Å²) in [5, 5.41) is 12.0. The second-order valence-electron chi connectivity index (χ2n) is 7.99. The van der Waals surface area contributed by atoms with Crippen molar-refractivity contribution in [3.8, 4) is 17.5 Å². The molecule has 0 fully saturated rings. The fourth-order valence-corrected chi connectivity index (χ4v) is 3.29. The lowest BCUT2D eigenvalue weighted by Gasteiger charge is -2.19. The number of methoxy groups -OCH3 is 1. The Morgan fingerprint density at radius 3 is 2.35 bits per heavy atom. The molecule has 31 heavy (non-hydrogen) atoms. The Kier molecular flexibility index (Phi) is 6.40. The maximum absolute atomic E-state index is 12.6. The van der Waals surface area contributed by atoms with Crippen molar-refractivity contribution in [1.82, 2.24) is 10.3 Å². The van der Waals surface area contributed by atoms with Gasteiger partial charge in [-0.05, 0) is 48.2 Å². The first-order valence-electron chi connectivity index (χ1n) is 10.1. The van der Waals surface area contributed by atoms with Crippen molar-refractivity contribution in [3.63, 3.8) is 0 Å². The van der Waals surface area contributed by atoms with Crippen LogP contribution in [0, 0.1) is 17.2 Å². The van der Waals surface area contributed by atoms with E-state index < -0.39 is 12.0 Å². The van der Waals surface area contributed by atoms with Gasteiger partial charge < -0.3 is 14.5 Å². The largest absolute Gasteiger partial charge is 0.467 e. The van der Waals surface area contributed by atoms with Gasteiger partial charge >= 0.3 is 5.97 Å². The molecule has 1 N–H and O–H groups in total. The zero-order chi connectivity index (χ0) is 22.7. The zero-order valence-electron chi connectivity index (χ0n) is 18.2. The lowest BCUT2D eigenvalue weighted by molar-refractivity contribution is -0.144. The number of aromatic nitrogens is 1. The molecule has 0 unspecified atom stereocenters. The Labute approximate surface area is 181 Å². The Morgan fingerprint density at radius 2 is 1.81 bits per heavy atom. The van der Waals surface area contributed by atoms with Crippen LogP contribution in [0.4, 0.5) is 0 Å². The summed E-state index contributed by atoms with van der Waals surface area (Å²) < 4.78 is 10.8. The fraction of sp³-hybridized carbons (Fsp3) is 0.333. The van der Waals surface area contributed by atoms with Crippen molar-refractivity contribution < 1.29 is 18.7 Å². The first-order valence-corrected chi connectivity index (χ1v) is 10.1. The Morgan fingerprint density at radius 1 is 1.13 bits per heavy atom. The number of hydrogen-bond acceptors (Lipinski definition) is 6. The summed E-state index contributed by atoms with van der Waals surface area (Å²) in [5.41, 5.74) is 3.85. The summed E-state index contributed by atoms with van der Waals surface area (Å²) in [4.78, 5) is 29.0. The van der Waals surface area contributed by atoms with Crippen molar-refractivity contribution in [1.29, 1.82) is 5.26 Å². The highest BCUT2D eigenvalue weighted by Crippen LogP contribution is 2.31. The highest BCUT2D eigenvalue weighted by Gasteiger charge is 2.25. The summed E-state index contributed by atoms with van der Waals surface area (Å²) in [7, 11) is 1.29. The zero-order valence-corrected chi connectivity index (χ0v) is 18.2. The van der Waals surface area contributed by atoms with Crippen LogP contribution in [0.1, 0.15) is 55.1 Å². The molecule has 0 aliphatic carbocycles. The molecule has 160 valence electrons. The second kappa shape index (κ2) is 9.00. The number of amides is 1. The van der Waals surface area contributed by atoms with E-state index in [0.29, 0.717) is 33.7 Å². The minimum Gasteiger partial charge on any atom is -0.467 e. The molecule has 1 amide bonds. The van der Waals surface area contributed by atoms with E-state index in [1.54, 1.807) is 30.3 Å². The number of rotatable bonds is 6. The molecule has 2 aromatic carbocycles. The van der Waals surface area contributed by atoms with Crippen molar-refractivity contribution in [2.24, 2.45) is 5.92 Å². The average Bonchev–Trinajstić information content (AvgIpc) is 3.19. The van der Waals surface area contributed by atoms with Crippen molar-refractivity contribution in [2.75, 3.05) is 7.11 Å². The number of nitrogens with zero attached hydrogens (tertiary/aromatic N) is 2. The predicted molar refractivity (Wildman–Crippen MR) is 116 cm³/mol. The Balaban J connectivity index is 1.88. The van der Waals surface area contributed by atoms with E-state index in [2.05, 4.69) is 16.4 Å². The highest BCUT2D eigenvalue weighted by molar-refractivity contribution is 5.97. The molecule has 0 radical (unpaired) electrons. The SMILES string of the molecule is COC(=O)[C@H](NC(=O)c1ccc(-c2nc3cc(C#N)cc(C(C)C)c3o2)cc1)C(C)C. The molecular weight excluding hydrogens is 394 g/mol. The molecule has 1 heterocycles. The number of esters is 1. The van der Waals surface area contributed by atoms with E-state index in [1.165, 1.54) is 7.11 Å². The third-order valence-electron chi connectivity index (χ3n) is 5.07. The average molecular weight is 419 g/mol. The smallest absolute Gasteiger partial charge is 0.328 e. The standard InChI is InChI=1S/C24H25N3O4/c1-13(2)18-10-15(12-25)11-19-21(18)31-23(26-19)17-8-6-16(7-9-17)22(28)27-20(14(3)4)24(29)30-5/h6-11,13-14,20H,1-5H3,(H,27,28)/t20-/m1/s1. The third kappa shape index (κ3) is 4.58. The van der Waals surface area contributed by atoms with Gasteiger partial charge in [0.05, 0.1) is 18.7 Å². The van der Waals surface area contributed by atoms with Gasteiger partial charge in [-0.25, -0.2) is 9.78 Å². The molecule has 0 spiro atoms. The number of fused-ring (bicyclic) bond motifs is 1. The molecule has 0 bridgehead atoms. The maximum Gasteiger partial charge on any atom is 0.328 e. The number of nitrogens with one attached hydrogen (secondary N) is 1. The molecule has 3 rings (SSSR count). The van der Waals surface area contributed by atoms with Crippen LogP contribution in [-0.2, 0) is 9.53 Å². The van der Waals surface area contributed by atoms with E-state index in [0.717, 1.165) is 5.56 Å². The predicted octanol–water partition coefficient (Wildman–Crippen LogP) is 4.42. The molecule has 0 saturated heterocycles. The number of nitriles is 1. The number of carbonyl (C=O) groups excluding carboxylic acids is 2. The monoisotopic (exact) mass is 419 g/mol. The third-order valence-corrected chi connectivity index (χ3v) is 5.07. The van der Waals surface area contributed by atoms with Crippen LogP contribution >= 0.6 is 0 Å². The van der Waals surface area contributed by atoms with Crippen LogP contribution in [-0.4, -0.2) is 30.0 Å². The van der Waals surface area contributed by atoms with Crippen molar-refractivity contribution >= 4 is 23.0 Å². The van der Waals surface area contributed by atoms with E-state index >= 15 is 0 Å². The minimum atomic E-state index is -0.724. The van der Waals surface area contributed by atoms with Gasteiger partial charge in [0.15, 0.2) is 5.58 Å². The molecule has 3 aromatic rings. The minimum absolute atomic E-state index is 0.108. The molecule has 1 aromatic heterocycles. The molecule has 1 atom stereocenters. The molecule has 0 aliphatic heterocycles. The summed E-state index contributed by atoms with van der Waals surface area (Å²) in [6, 6.07) is 11.7. The molecule has 7 heteroatoms. The summed E-state index contributed by atoms with van der Waals surface area (Å²) >= 11 is 0. The first kappa shape index (κ1) is 22.0. The lowest BCUT2D eigenvalue weighted by atomic mass is 10.00.